The summed E-state index contributed by atoms with van der Waals surface area (Å²) in [6.07, 6.45) is -2.86. The molecule has 0 bridgehead atoms. The number of rotatable bonds is 1. The van der Waals surface area contributed by atoms with Crippen molar-refractivity contribution < 1.29 is 25.2 Å². The zero-order valence-corrected chi connectivity index (χ0v) is 6.21. The van der Waals surface area contributed by atoms with Crippen LogP contribution in [0.1, 0.15) is 6.42 Å². The summed E-state index contributed by atoms with van der Waals surface area (Å²) < 4.78 is 0. The van der Waals surface area contributed by atoms with Crippen LogP contribution >= 0.6 is 0 Å². The van der Waals surface area contributed by atoms with Gasteiger partial charge in [-0.25, -0.2) is 4.79 Å². The van der Waals surface area contributed by atoms with Crippen LogP contribution in [-0.2, 0) is 4.79 Å². The van der Waals surface area contributed by atoms with Gasteiger partial charge in [-0.1, -0.05) is 0 Å². The largest absolute Gasteiger partial charge is 0.478 e. The average molecular weight is 174 g/mol. The first kappa shape index (κ1) is 9.18. The highest BCUT2D eigenvalue weighted by atomic mass is 16.4. The number of aliphatic hydroxyl groups is 3. The van der Waals surface area contributed by atoms with E-state index in [1.807, 2.05) is 0 Å². The second kappa shape index (κ2) is 3.22. The Hall–Kier alpha value is -0.910. The minimum Gasteiger partial charge on any atom is -0.478 e. The molecule has 3 atom stereocenters. The van der Waals surface area contributed by atoms with Gasteiger partial charge in [-0.3, -0.25) is 0 Å². The van der Waals surface area contributed by atoms with Crippen LogP contribution in [0.2, 0.25) is 0 Å². The number of aliphatic hydroxyl groups excluding tert-OH is 3. The van der Waals surface area contributed by atoms with E-state index >= 15 is 0 Å². The van der Waals surface area contributed by atoms with Gasteiger partial charge >= 0.3 is 5.97 Å². The summed E-state index contributed by atoms with van der Waals surface area (Å²) in [6.45, 7) is 0. The molecule has 0 fully saturated rings. The Morgan fingerprint density at radius 3 is 2.42 bits per heavy atom. The highest BCUT2D eigenvalue weighted by molar-refractivity contribution is 5.87. The Bertz CT molecular complexity index is 222. The fraction of sp³-hybridized carbons (Fsp3) is 0.571. The first-order valence-electron chi connectivity index (χ1n) is 3.50. The molecule has 0 saturated heterocycles. The molecule has 0 aromatic heterocycles. The van der Waals surface area contributed by atoms with E-state index in [0.717, 1.165) is 6.08 Å². The summed E-state index contributed by atoms with van der Waals surface area (Å²) >= 11 is 0. The molecule has 0 aliphatic heterocycles. The fourth-order valence-electron chi connectivity index (χ4n) is 1.11. The lowest BCUT2D eigenvalue weighted by atomic mass is 9.92. The number of carboxylic acid groups (broad SMARTS) is 1. The van der Waals surface area contributed by atoms with Crippen molar-refractivity contribution in [1.82, 2.24) is 0 Å². The van der Waals surface area contributed by atoms with Crippen molar-refractivity contribution in [3.8, 4) is 0 Å². The summed E-state index contributed by atoms with van der Waals surface area (Å²) in [4.78, 5) is 10.4. The van der Waals surface area contributed by atoms with E-state index in [1.165, 1.54) is 0 Å². The van der Waals surface area contributed by atoms with Gasteiger partial charge in [-0.05, 0) is 6.08 Å². The van der Waals surface area contributed by atoms with Gasteiger partial charge in [0.1, 0.15) is 12.2 Å². The van der Waals surface area contributed by atoms with Crippen LogP contribution in [0.25, 0.3) is 0 Å². The average Bonchev–Trinajstić information content (AvgIpc) is 1.99. The highest BCUT2D eigenvalue weighted by Gasteiger charge is 2.31. The summed E-state index contributed by atoms with van der Waals surface area (Å²) in [5.74, 6) is -1.18. The molecule has 4 N–H and O–H groups in total. The Morgan fingerprint density at radius 1 is 1.42 bits per heavy atom. The van der Waals surface area contributed by atoms with E-state index in [4.69, 9.17) is 20.4 Å². The summed E-state index contributed by atoms with van der Waals surface area (Å²) in [7, 11) is 0. The molecule has 0 saturated carbocycles. The van der Waals surface area contributed by atoms with E-state index in [0.29, 0.717) is 0 Å². The van der Waals surface area contributed by atoms with Crippen molar-refractivity contribution in [3.63, 3.8) is 0 Å². The van der Waals surface area contributed by atoms with Crippen molar-refractivity contribution in [2.45, 2.75) is 24.7 Å². The maximum atomic E-state index is 10.4. The van der Waals surface area contributed by atoms with Gasteiger partial charge in [0.25, 0.3) is 0 Å². The predicted octanol–water partition coefficient (Wildman–Crippen LogP) is -1.52. The minimum absolute atomic E-state index is 0.0692. The van der Waals surface area contributed by atoms with Gasteiger partial charge in [-0.2, -0.15) is 0 Å². The van der Waals surface area contributed by atoms with Crippen LogP contribution in [0, 0.1) is 0 Å². The van der Waals surface area contributed by atoms with Crippen molar-refractivity contribution in [3.05, 3.63) is 11.6 Å². The number of carboxylic acids is 1. The molecule has 0 radical (unpaired) electrons. The summed E-state index contributed by atoms with van der Waals surface area (Å²) in [5, 5.41) is 35.6. The smallest absolute Gasteiger partial charge is 0.331 e. The van der Waals surface area contributed by atoms with Crippen molar-refractivity contribution >= 4 is 5.97 Å². The molecule has 0 spiro atoms. The molecule has 5 nitrogen and oxygen atoms in total. The van der Waals surface area contributed by atoms with E-state index in [1.54, 1.807) is 0 Å². The standard InChI is InChI=1S/C7H10O5/c8-4-1-3(7(11)12)2-5(9)6(4)10/h1,4-6,8-10H,2H2,(H,11,12)/t4-,5?,6-/m1/s1. The molecule has 12 heavy (non-hydrogen) atoms. The first-order chi connectivity index (χ1) is 5.52. The van der Waals surface area contributed by atoms with E-state index in [2.05, 4.69) is 0 Å². The van der Waals surface area contributed by atoms with Crippen molar-refractivity contribution in [1.29, 1.82) is 0 Å². The molecule has 0 heterocycles. The van der Waals surface area contributed by atoms with E-state index in [9.17, 15) is 4.79 Å². The number of carbonyl (C=O) groups is 1. The lowest BCUT2D eigenvalue weighted by Crippen LogP contribution is -2.40. The summed E-state index contributed by atoms with van der Waals surface area (Å²) in [6, 6.07) is 0. The quantitative estimate of drug-likeness (QED) is 0.387. The van der Waals surface area contributed by atoms with Gasteiger partial charge in [0, 0.05) is 12.0 Å². The predicted molar refractivity (Wildman–Crippen MR) is 38.4 cm³/mol. The minimum atomic E-state index is -1.29. The maximum absolute atomic E-state index is 10.4. The number of aliphatic carboxylic acids is 1. The zero-order chi connectivity index (χ0) is 9.30. The fourth-order valence-corrected chi connectivity index (χ4v) is 1.11. The molecular weight excluding hydrogens is 164 g/mol. The van der Waals surface area contributed by atoms with E-state index < -0.39 is 24.3 Å². The molecule has 1 rings (SSSR count). The van der Waals surface area contributed by atoms with Gasteiger partial charge in [0.15, 0.2) is 0 Å². The molecule has 0 aromatic carbocycles. The summed E-state index contributed by atoms with van der Waals surface area (Å²) in [5.41, 5.74) is -0.0692. The molecule has 68 valence electrons. The molecule has 1 aliphatic rings. The third kappa shape index (κ3) is 1.63. The SMILES string of the molecule is O=C(O)C1=C[C@@H](O)[C@@H](O)C(O)C1. The van der Waals surface area contributed by atoms with Crippen LogP contribution in [0.4, 0.5) is 0 Å². The van der Waals surface area contributed by atoms with Crippen LogP contribution in [0.3, 0.4) is 0 Å². The Morgan fingerprint density at radius 2 is 2.00 bits per heavy atom. The molecule has 1 aliphatic carbocycles. The van der Waals surface area contributed by atoms with Crippen LogP contribution in [0.5, 0.6) is 0 Å². The number of hydrogen-bond donors (Lipinski definition) is 4. The van der Waals surface area contributed by atoms with Crippen molar-refractivity contribution in [2.75, 3.05) is 0 Å². The Labute approximate surface area is 68.6 Å². The van der Waals surface area contributed by atoms with Gasteiger partial charge in [-0.15, -0.1) is 0 Å². The third-order valence-corrected chi connectivity index (χ3v) is 1.82. The van der Waals surface area contributed by atoms with Crippen LogP contribution in [0.15, 0.2) is 11.6 Å². The lowest BCUT2D eigenvalue weighted by Gasteiger charge is -2.25. The number of hydrogen-bond acceptors (Lipinski definition) is 4. The van der Waals surface area contributed by atoms with Gasteiger partial charge < -0.3 is 20.4 Å². The lowest BCUT2D eigenvalue weighted by molar-refractivity contribution is -0.134. The van der Waals surface area contributed by atoms with Gasteiger partial charge in [0.2, 0.25) is 0 Å². The first-order valence-corrected chi connectivity index (χ1v) is 3.50. The van der Waals surface area contributed by atoms with Crippen LogP contribution in [-0.4, -0.2) is 44.7 Å². The maximum Gasteiger partial charge on any atom is 0.331 e. The van der Waals surface area contributed by atoms with E-state index in [-0.39, 0.29) is 12.0 Å². The highest BCUT2D eigenvalue weighted by Crippen LogP contribution is 2.19. The second-order valence-corrected chi connectivity index (χ2v) is 2.75. The van der Waals surface area contributed by atoms with Crippen LogP contribution < -0.4 is 0 Å². The molecule has 0 aromatic rings. The zero-order valence-electron chi connectivity index (χ0n) is 6.21. The Balaban J connectivity index is 2.81. The molecule has 1 unspecified atom stereocenters. The third-order valence-electron chi connectivity index (χ3n) is 1.82. The topological polar surface area (TPSA) is 98.0 Å². The Kier molecular flexibility index (Phi) is 2.46. The van der Waals surface area contributed by atoms with Gasteiger partial charge in [0.05, 0.1) is 6.10 Å². The second-order valence-electron chi connectivity index (χ2n) is 2.75. The van der Waals surface area contributed by atoms with Crippen molar-refractivity contribution in [2.24, 2.45) is 0 Å². The monoisotopic (exact) mass is 174 g/mol. The molecule has 5 heteroatoms. The molecule has 0 amide bonds. The normalized spacial score (nSPS) is 35.9. The molecular formula is C7H10O5.